The molecule has 2 nitrogen and oxygen atoms in total. The van der Waals surface area contributed by atoms with Gasteiger partial charge in [0.15, 0.2) is 4.67 Å². The first-order valence-corrected chi connectivity index (χ1v) is 4.95. The van der Waals surface area contributed by atoms with E-state index in [9.17, 15) is 0 Å². The smallest absolute Gasteiger partial charge is 0.169 e. The molecule has 0 aromatic carbocycles. The van der Waals surface area contributed by atoms with Gasteiger partial charge < -0.3 is 9.73 Å². The molecule has 12 heavy (non-hydrogen) atoms. The Balaban J connectivity index is 1.87. The fraction of sp³-hybridized carbons (Fsp3) is 0.556. The standard InChI is InChI=1S/C9H12BrNO/c1-9(2-3-9)11-5-7-4-8(10)12-6-7/h4,6,11H,2-3,5H2,1H3. The Hall–Kier alpha value is -0.280. The monoisotopic (exact) mass is 229 g/mol. The normalized spacial score (nSPS) is 19.5. The molecule has 0 unspecified atom stereocenters. The molecule has 0 bridgehead atoms. The zero-order valence-corrected chi connectivity index (χ0v) is 8.65. The molecule has 66 valence electrons. The SMILES string of the molecule is CC1(NCc2coc(Br)c2)CC1. The molecule has 1 aromatic rings. The number of hydrogen-bond donors (Lipinski definition) is 1. The van der Waals surface area contributed by atoms with Gasteiger partial charge in [0, 0.05) is 17.6 Å². The number of nitrogens with one attached hydrogen (secondary N) is 1. The van der Waals surface area contributed by atoms with E-state index >= 15 is 0 Å². The summed E-state index contributed by atoms with van der Waals surface area (Å²) < 4.78 is 5.93. The fourth-order valence-electron chi connectivity index (χ4n) is 1.12. The molecule has 2 rings (SSSR count). The van der Waals surface area contributed by atoms with Crippen LogP contribution in [0.15, 0.2) is 21.4 Å². The molecule has 0 radical (unpaired) electrons. The lowest BCUT2D eigenvalue weighted by molar-refractivity contribution is 0.519. The Bertz CT molecular complexity index is 278. The van der Waals surface area contributed by atoms with Crippen molar-refractivity contribution < 1.29 is 4.42 Å². The van der Waals surface area contributed by atoms with Crippen molar-refractivity contribution in [2.24, 2.45) is 0 Å². The van der Waals surface area contributed by atoms with Crippen molar-refractivity contribution in [1.29, 1.82) is 0 Å². The quantitative estimate of drug-likeness (QED) is 0.863. The first kappa shape index (κ1) is 8.32. The van der Waals surface area contributed by atoms with Crippen LogP contribution in [0.25, 0.3) is 0 Å². The van der Waals surface area contributed by atoms with E-state index in [2.05, 4.69) is 28.2 Å². The Morgan fingerprint density at radius 2 is 2.42 bits per heavy atom. The molecule has 1 aromatic heterocycles. The van der Waals surface area contributed by atoms with Gasteiger partial charge in [-0.1, -0.05) is 0 Å². The van der Waals surface area contributed by atoms with E-state index in [1.807, 2.05) is 6.07 Å². The number of rotatable bonds is 3. The molecule has 3 heteroatoms. The fourth-order valence-corrected chi connectivity index (χ4v) is 1.51. The Labute approximate surface area is 80.5 Å². The van der Waals surface area contributed by atoms with Crippen LogP contribution >= 0.6 is 15.9 Å². The third-order valence-corrected chi connectivity index (χ3v) is 2.76. The maximum atomic E-state index is 5.13. The van der Waals surface area contributed by atoms with Gasteiger partial charge in [0.2, 0.25) is 0 Å². The Kier molecular flexibility index (Phi) is 2.00. The molecular formula is C9H12BrNO. The second-order valence-electron chi connectivity index (χ2n) is 3.67. The van der Waals surface area contributed by atoms with Crippen LogP contribution in [-0.4, -0.2) is 5.54 Å². The number of furan rings is 1. The van der Waals surface area contributed by atoms with Crippen LogP contribution in [0.2, 0.25) is 0 Å². The van der Waals surface area contributed by atoms with Crippen molar-refractivity contribution in [1.82, 2.24) is 5.32 Å². The lowest BCUT2D eigenvalue weighted by Crippen LogP contribution is -2.26. The summed E-state index contributed by atoms with van der Waals surface area (Å²) in [7, 11) is 0. The predicted octanol–water partition coefficient (Wildman–Crippen LogP) is 2.68. The van der Waals surface area contributed by atoms with Crippen molar-refractivity contribution in [3.05, 3.63) is 22.6 Å². The van der Waals surface area contributed by atoms with E-state index in [1.165, 1.54) is 18.4 Å². The van der Waals surface area contributed by atoms with Gasteiger partial charge in [0.25, 0.3) is 0 Å². The molecule has 0 atom stereocenters. The second-order valence-corrected chi connectivity index (χ2v) is 4.45. The van der Waals surface area contributed by atoms with Crippen LogP contribution in [0, 0.1) is 0 Å². The van der Waals surface area contributed by atoms with Crippen molar-refractivity contribution in [2.45, 2.75) is 31.8 Å². The van der Waals surface area contributed by atoms with Gasteiger partial charge in [-0.25, -0.2) is 0 Å². The lowest BCUT2D eigenvalue weighted by atomic mass is 10.3. The topological polar surface area (TPSA) is 25.2 Å². The molecular weight excluding hydrogens is 218 g/mol. The van der Waals surface area contributed by atoms with E-state index in [1.54, 1.807) is 6.26 Å². The van der Waals surface area contributed by atoms with Crippen molar-refractivity contribution in [3.8, 4) is 0 Å². The highest BCUT2D eigenvalue weighted by Gasteiger charge is 2.36. The predicted molar refractivity (Wildman–Crippen MR) is 50.9 cm³/mol. The van der Waals surface area contributed by atoms with E-state index in [0.29, 0.717) is 5.54 Å². The van der Waals surface area contributed by atoms with Crippen LogP contribution in [-0.2, 0) is 6.54 Å². The van der Waals surface area contributed by atoms with Crippen LogP contribution in [0.4, 0.5) is 0 Å². The van der Waals surface area contributed by atoms with E-state index < -0.39 is 0 Å². The summed E-state index contributed by atoms with van der Waals surface area (Å²) in [5, 5.41) is 3.48. The maximum Gasteiger partial charge on any atom is 0.169 e. The molecule has 1 aliphatic rings. The van der Waals surface area contributed by atoms with E-state index in [4.69, 9.17) is 4.42 Å². The number of halogens is 1. The average molecular weight is 230 g/mol. The van der Waals surface area contributed by atoms with Gasteiger partial charge in [0.05, 0.1) is 6.26 Å². The van der Waals surface area contributed by atoms with Gasteiger partial charge in [-0.2, -0.15) is 0 Å². The maximum absolute atomic E-state index is 5.13. The summed E-state index contributed by atoms with van der Waals surface area (Å²) in [5.41, 5.74) is 1.61. The highest BCUT2D eigenvalue weighted by atomic mass is 79.9. The minimum absolute atomic E-state index is 0.406. The first-order chi connectivity index (χ1) is 5.68. The summed E-state index contributed by atoms with van der Waals surface area (Å²) in [6, 6.07) is 2.00. The van der Waals surface area contributed by atoms with E-state index in [-0.39, 0.29) is 0 Å². The summed E-state index contributed by atoms with van der Waals surface area (Å²) >= 11 is 3.27. The molecule has 0 amide bonds. The van der Waals surface area contributed by atoms with Gasteiger partial charge in [-0.3, -0.25) is 0 Å². The van der Waals surface area contributed by atoms with Crippen LogP contribution in [0.1, 0.15) is 25.3 Å². The minimum Gasteiger partial charge on any atom is -0.457 e. The third kappa shape index (κ3) is 1.90. The van der Waals surface area contributed by atoms with Gasteiger partial charge in [-0.15, -0.1) is 0 Å². The van der Waals surface area contributed by atoms with Crippen molar-refractivity contribution in [3.63, 3.8) is 0 Å². The second kappa shape index (κ2) is 2.89. The molecule has 1 fully saturated rings. The molecule has 1 aliphatic carbocycles. The summed E-state index contributed by atoms with van der Waals surface area (Å²) in [6.07, 6.45) is 4.38. The van der Waals surface area contributed by atoms with Crippen LogP contribution in [0.5, 0.6) is 0 Å². The van der Waals surface area contributed by atoms with Crippen LogP contribution < -0.4 is 5.32 Å². The van der Waals surface area contributed by atoms with Gasteiger partial charge in [0.1, 0.15) is 0 Å². The largest absolute Gasteiger partial charge is 0.457 e. The van der Waals surface area contributed by atoms with Crippen LogP contribution in [0.3, 0.4) is 0 Å². The summed E-state index contributed by atoms with van der Waals surface area (Å²) in [5.74, 6) is 0. The average Bonchev–Trinajstić information content (AvgIpc) is 2.60. The molecule has 1 saturated carbocycles. The highest BCUT2D eigenvalue weighted by molar-refractivity contribution is 9.10. The summed E-state index contributed by atoms with van der Waals surface area (Å²) in [6.45, 7) is 3.16. The van der Waals surface area contributed by atoms with Crippen molar-refractivity contribution >= 4 is 15.9 Å². The van der Waals surface area contributed by atoms with Crippen molar-refractivity contribution in [2.75, 3.05) is 0 Å². The minimum atomic E-state index is 0.406. The third-order valence-electron chi connectivity index (χ3n) is 2.34. The van der Waals surface area contributed by atoms with Gasteiger partial charge >= 0.3 is 0 Å². The zero-order chi connectivity index (χ0) is 8.60. The lowest BCUT2D eigenvalue weighted by Gasteiger charge is -2.08. The molecule has 0 spiro atoms. The first-order valence-electron chi connectivity index (χ1n) is 4.16. The summed E-state index contributed by atoms with van der Waals surface area (Å²) in [4.78, 5) is 0. The molecule has 0 aliphatic heterocycles. The molecule has 0 saturated heterocycles. The number of hydrogen-bond acceptors (Lipinski definition) is 2. The van der Waals surface area contributed by atoms with E-state index in [0.717, 1.165) is 11.2 Å². The van der Waals surface area contributed by atoms with Gasteiger partial charge in [-0.05, 0) is 41.8 Å². The molecule has 1 N–H and O–H groups in total. The Morgan fingerprint density at radius 3 is 2.92 bits per heavy atom. The zero-order valence-electron chi connectivity index (χ0n) is 7.06. The Morgan fingerprint density at radius 1 is 1.67 bits per heavy atom. The molecule has 1 heterocycles. The highest BCUT2D eigenvalue weighted by Crippen LogP contribution is 2.34.